The molecule has 0 amide bonds. The topological polar surface area (TPSA) is 52.1 Å². The minimum absolute atomic E-state index is 0.187. The Morgan fingerprint density at radius 3 is 2.18 bits per heavy atom. The summed E-state index contributed by atoms with van der Waals surface area (Å²) in [6.45, 7) is 5.45. The lowest BCUT2D eigenvalue weighted by Gasteiger charge is -2.14. The van der Waals surface area contributed by atoms with Crippen molar-refractivity contribution >= 4 is 11.5 Å². The van der Waals surface area contributed by atoms with E-state index in [-0.39, 0.29) is 5.84 Å². The van der Waals surface area contributed by atoms with Gasteiger partial charge in [-0.25, -0.2) is 0 Å². The van der Waals surface area contributed by atoms with Gasteiger partial charge in [0.15, 0.2) is 0 Å². The van der Waals surface area contributed by atoms with Crippen molar-refractivity contribution < 1.29 is 9.48 Å². The van der Waals surface area contributed by atoms with E-state index in [0.717, 1.165) is 9.48 Å². The van der Waals surface area contributed by atoms with Gasteiger partial charge in [-0.3, -0.25) is 0 Å². The molecular formula is C13H16N2O2. The molecule has 1 aliphatic rings. The van der Waals surface area contributed by atoms with E-state index in [1.807, 2.05) is 25.1 Å². The lowest BCUT2D eigenvalue weighted by Crippen LogP contribution is -2.38. The summed E-state index contributed by atoms with van der Waals surface area (Å²) < 4.78 is 1.59. The van der Waals surface area contributed by atoms with Crippen molar-refractivity contribution in [1.82, 2.24) is 0 Å². The van der Waals surface area contributed by atoms with Crippen LogP contribution < -0.4 is 0 Å². The molecule has 0 bridgehead atoms. The first-order valence-corrected chi connectivity index (χ1v) is 5.73. The standard InChI is InChI=1S/C13H16N2O2/c1-4-11-13(2,3)15(17)12(14(11)16)10-8-6-5-7-9-10/h5-9H,4H2,1-3H3. The first-order valence-electron chi connectivity index (χ1n) is 5.73. The van der Waals surface area contributed by atoms with Crippen molar-refractivity contribution in [3.05, 3.63) is 46.3 Å². The second-order valence-corrected chi connectivity index (χ2v) is 4.64. The number of rotatable bonds is 2. The van der Waals surface area contributed by atoms with Crippen LogP contribution in [0.15, 0.2) is 30.3 Å². The summed E-state index contributed by atoms with van der Waals surface area (Å²) in [5.74, 6) is 0.187. The smallest absolute Gasteiger partial charge is 0.469 e. The molecule has 0 radical (unpaired) electrons. The first-order chi connectivity index (χ1) is 8.00. The lowest BCUT2D eigenvalue weighted by molar-refractivity contribution is -0.530. The second kappa shape index (κ2) is 3.87. The molecule has 1 aromatic rings. The predicted molar refractivity (Wildman–Crippen MR) is 67.2 cm³/mol. The summed E-state index contributed by atoms with van der Waals surface area (Å²) in [7, 11) is 0. The Labute approximate surface area is 101 Å². The number of benzene rings is 1. The van der Waals surface area contributed by atoms with Crippen molar-refractivity contribution in [3.63, 3.8) is 0 Å². The third-order valence-electron chi connectivity index (χ3n) is 3.21. The van der Waals surface area contributed by atoms with E-state index >= 15 is 0 Å². The average molecular weight is 232 g/mol. The summed E-state index contributed by atoms with van der Waals surface area (Å²) in [6.07, 6.45) is 0.575. The molecule has 17 heavy (non-hydrogen) atoms. The average Bonchev–Trinajstić information content (AvgIpc) is 2.47. The Kier molecular flexibility index (Phi) is 2.65. The van der Waals surface area contributed by atoms with Gasteiger partial charge >= 0.3 is 5.84 Å². The van der Waals surface area contributed by atoms with Crippen LogP contribution in [0, 0.1) is 10.4 Å². The van der Waals surface area contributed by atoms with E-state index < -0.39 is 5.54 Å². The molecule has 90 valence electrons. The molecule has 0 spiro atoms. The SMILES string of the molecule is CCC1=[N+]([O-])C(c2ccccc2)=[N+]([O-])C1(C)C. The van der Waals surface area contributed by atoms with Crippen molar-refractivity contribution in [2.24, 2.45) is 0 Å². The van der Waals surface area contributed by atoms with Crippen LogP contribution in [0.4, 0.5) is 0 Å². The van der Waals surface area contributed by atoms with Gasteiger partial charge in [-0.15, -0.1) is 9.48 Å². The van der Waals surface area contributed by atoms with Crippen molar-refractivity contribution in [2.75, 3.05) is 0 Å². The molecular weight excluding hydrogens is 216 g/mol. The minimum Gasteiger partial charge on any atom is -0.618 e. The Morgan fingerprint density at radius 2 is 1.71 bits per heavy atom. The molecule has 0 saturated carbocycles. The Morgan fingerprint density at radius 1 is 1.12 bits per heavy atom. The van der Waals surface area contributed by atoms with Gasteiger partial charge in [0.25, 0.3) is 5.54 Å². The van der Waals surface area contributed by atoms with Crippen molar-refractivity contribution in [2.45, 2.75) is 32.7 Å². The molecule has 1 aromatic carbocycles. The van der Waals surface area contributed by atoms with Gasteiger partial charge in [0.2, 0.25) is 5.71 Å². The van der Waals surface area contributed by atoms with E-state index in [2.05, 4.69) is 0 Å². The summed E-state index contributed by atoms with van der Waals surface area (Å²) >= 11 is 0. The summed E-state index contributed by atoms with van der Waals surface area (Å²) in [5, 5.41) is 24.4. The highest BCUT2D eigenvalue weighted by Crippen LogP contribution is 2.22. The summed E-state index contributed by atoms with van der Waals surface area (Å²) in [6, 6.07) is 9.06. The van der Waals surface area contributed by atoms with Gasteiger partial charge in [-0.2, -0.15) is 0 Å². The Bertz CT molecular complexity index is 501. The van der Waals surface area contributed by atoms with E-state index in [9.17, 15) is 10.4 Å². The molecule has 4 heteroatoms. The summed E-state index contributed by atoms with van der Waals surface area (Å²) in [4.78, 5) is 0. The van der Waals surface area contributed by atoms with Crippen molar-refractivity contribution in [1.29, 1.82) is 0 Å². The molecule has 4 nitrogen and oxygen atoms in total. The third-order valence-corrected chi connectivity index (χ3v) is 3.21. The number of hydrogen-bond donors (Lipinski definition) is 0. The lowest BCUT2D eigenvalue weighted by atomic mass is 9.98. The normalized spacial score (nSPS) is 19.0. The maximum atomic E-state index is 12.2. The molecule has 0 unspecified atom stereocenters. The van der Waals surface area contributed by atoms with Crippen LogP contribution in [-0.2, 0) is 0 Å². The molecule has 0 aromatic heterocycles. The van der Waals surface area contributed by atoms with E-state index in [4.69, 9.17) is 0 Å². The Hall–Kier alpha value is -1.84. The van der Waals surface area contributed by atoms with E-state index in [1.54, 1.807) is 26.0 Å². The molecule has 1 heterocycles. The van der Waals surface area contributed by atoms with Gasteiger partial charge in [-0.05, 0) is 12.1 Å². The molecule has 1 aliphatic heterocycles. The molecule has 0 aliphatic carbocycles. The van der Waals surface area contributed by atoms with Crippen LogP contribution in [-0.4, -0.2) is 26.6 Å². The minimum atomic E-state index is -0.762. The van der Waals surface area contributed by atoms with Gasteiger partial charge in [0, 0.05) is 20.3 Å². The molecule has 0 N–H and O–H groups in total. The van der Waals surface area contributed by atoms with Crippen LogP contribution in [0.2, 0.25) is 0 Å². The maximum Gasteiger partial charge on any atom is 0.469 e. The monoisotopic (exact) mass is 232 g/mol. The zero-order chi connectivity index (χ0) is 12.6. The quantitative estimate of drug-likeness (QED) is 0.579. The van der Waals surface area contributed by atoms with Crippen LogP contribution in [0.25, 0.3) is 0 Å². The fraction of sp³-hybridized carbons (Fsp3) is 0.385. The van der Waals surface area contributed by atoms with Gasteiger partial charge in [-0.1, -0.05) is 25.1 Å². The predicted octanol–water partition coefficient (Wildman–Crippen LogP) is 2.10. The van der Waals surface area contributed by atoms with Crippen LogP contribution >= 0.6 is 0 Å². The van der Waals surface area contributed by atoms with Gasteiger partial charge in [0.05, 0.1) is 0 Å². The highest BCUT2D eigenvalue weighted by Gasteiger charge is 2.50. The van der Waals surface area contributed by atoms with E-state index in [1.165, 1.54) is 0 Å². The number of amidine groups is 1. The van der Waals surface area contributed by atoms with Crippen LogP contribution in [0.3, 0.4) is 0 Å². The largest absolute Gasteiger partial charge is 0.618 e. The fourth-order valence-corrected chi connectivity index (χ4v) is 2.24. The summed E-state index contributed by atoms with van der Waals surface area (Å²) in [5.41, 5.74) is 0.502. The third kappa shape index (κ3) is 1.60. The van der Waals surface area contributed by atoms with Crippen molar-refractivity contribution in [3.8, 4) is 0 Å². The Balaban J connectivity index is 2.62. The van der Waals surface area contributed by atoms with Crippen LogP contribution in [0.5, 0.6) is 0 Å². The van der Waals surface area contributed by atoms with Gasteiger partial charge in [0.1, 0.15) is 5.56 Å². The highest BCUT2D eigenvalue weighted by atomic mass is 16.5. The number of nitrogens with zero attached hydrogens (tertiary/aromatic N) is 2. The zero-order valence-corrected chi connectivity index (χ0v) is 10.3. The molecule has 0 atom stereocenters. The molecule has 0 fully saturated rings. The molecule has 0 saturated heterocycles. The maximum absolute atomic E-state index is 12.2. The zero-order valence-electron chi connectivity index (χ0n) is 10.3. The first kappa shape index (κ1) is 11.6. The highest BCUT2D eigenvalue weighted by molar-refractivity contribution is 6.00. The molecule has 2 rings (SSSR count). The van der Waals surface area contributed by atoms with Crippen LogP contribution in [0.1, 0.15) is 32.8 Å². The fourth-order valence-electron chi connectivity index (χ4n) is 2.24. The van der Waals surface area contributed by atoms with Gasteiger partial charge < -0.3 is 10.4 Å². The number of hydroxylamine groups is 2. The van der Waals surface area contributed by atoms with E-state index in [0.29, 0.717) is 17.7 Å². The number of hydrogen-bond acceptors (Lipinski definition) is 2. The second-order valence-electron chi connectivity index (χ2n) is 4.64.